The second-order valence-electron chi connectivity index (χ2n) is 7.37. The van der Waals surface area contributed by atoms with Gasteiger partial charge in [-0.15, -0.1) is 11.3 Å². The van der Waals surface area contributed by atoms with Crippen molar-refractivity contribution in [3.05, 3.63) is 57.8 Å². The number of thiophene rings is 1. The third kappa shape index (κ3) is 3.85. The molecule has 0 bridgehead atoms. The molecule has 1 saturated heterocycles. The minimum Gasteiger partial charge on any atom is -0.381 e. The summed E-state index contributed by atoms with van der Waals surface area (Å²) in [5.41, 5.74) is 2.70. The van der Waals surface area contributed by atoms with Gasteiger partial charge in [0, 0.05) is 43.1 Å². The predicted octanol–water partition coefficient (Wildman–Crippen LogP) is 2.97. The van der Waals surface area contributed by atoms with Crippen LogP contribution in [0.3, 0.4) is 0 Å². The number of carbonyl (C=O) groups excluding carboxylic acids is 1. The zero-order chi connectivity index (χ0) is 17.8. The van der Waals surface area contributed by atoms with Crippen molar-refractivity contribution >= 4 is 17.2 Å². The summed E-state index contributed by atoms with van der Waals surface area (Å²) < 4.78 is 5.58. The summed E-state index contributed by atoms with van der Waals surface area (Å²) in [6.07, 6.45) is 2.98. The lowest BCUT2D eigenvalue weighted by Gasteiger charge is -2.38. The van der Waals surface area contributed by atoms with Gasteiger partial charge in [0.15, 0.2) is 0 Å². The van der Waals surface area contributed by atoms with Gasteiger partial charge in [-0.1, -0.05) is 30.3 Å². The van der Waals surface area contributed by atoms with E-state index in [4.69, 9.17) is 4.74 Å². The van der Waals surface area contributed by atoms with Crippen LogP contribution < -0.4 is 5.32 Å². The van der Waals surface area contributed by atoms with Crippen molar-refractivity contribution in [2.45, 2.75) is 31.2 Å². The Balaban J connectivity index is 1.36. The van der Waals surface area contributed by atoms with Crippen molar-refractivity contribution in [3.8, 4) is 0 Å². The van der Waals surface area contributed by atoms with Gasteiger partial charge >= 0.3 is 0 Å². The minimum atomic E-state index is -0.00239. The molecule has 0 spiro atoms. The van der Waals surface area contributed by atoms with E-state index in [9.17, 15) is 4.79 Å². The monoisotopic (exact) mass is 370 g/mol. The minimum absolute atomic E-state index is 0.00239. The number of fused-ring (bicyclic) bond motifs is 1. The molecule has 4 nitrogen and oxygen atoms in total. The van der Waals surface area contributed by atoms with E-state index in [0.717, 1.165) is 45.6 Å². The molecule has 4 rings (SSSR count). The van der Waals surface area contributed by atoms with Crippen LogP contribution in [0.15, 0.2) is 41.8 Å². The zero-order valence-electron chi connectivity index (χ0n) is 15.1. The first-order valence-corrected chi connectivity index (χ1v) is 10.3. The predicted molar refractivity (Wildman–Crippen MR) is 104 cm³/mol. The van der Waals surface area contributed by atoms with Crippen molar-refractivity contribution in [1.29, 1.82) is 0 Å². The Morgan fingerprint density at radius 1 is 1.19 bits per heavy atom. The van der Waals surface area contributed by atoms with E-state index < -0.39 is 0 Å². The largest absolute Gasteiger partial charge is 0.381 e. The summed E-state index contributed by atoms with van der Waals surface area (Å²) in [5, 5.41) is 5.38. The molecule has 0 unspecified atom stereocenters. The number of amides is 1. The number of carbonyl (C=O) groups is 1. The highest BCUT2D eigenvalue weighted by molar-refractivity contribution is 7.10. The molecular weight excluding hydrogens is 344 g/mol. The smallest absolute Gasteiger partial charge is 0.234 e. The van der Waals surface area contributed by atoms with Crippen LogP contribution in [-0.2, 0) is 27.9 Å². The summed E-state index contributed by atoms with van der Waals surface area (Å²) in [7, 11) is 0. The number of nitrogens with one attached hydrogen (secondary N) is 1. The summed E-state index contributed by atoms with van der Waals surface area (Å²) in [4.78, 5) is 16.3. The number of hydrogen-bond acceptors (Lipinski definition) is 4. The Hall–Kier alpha value is -1.69. The van der Waals surface area contributed by atoms with Gasteiger partial charge in [0.25, 0.3) is 0 Å². The molecule has 138 valence electrons. The van der Waals surface area contributed by atoms with E-state index >= 15 is 0 Å². The van der Waals surface area contributed by atoms with Crippen molar-refractivity contribution in [3.63, 3.8) is 0 Å². The number of nitrogens with zero attached hydrogens (tertiary/aromatic N) is 1. The van der Waals surface area contributed by atoms with Crippen molar-refractivity contribution in [2.24, 2.45) is 0 Å². The second kappa shape index (κ2) is 7.91. The first-order chi connectivity index (χ1) is 12.8. The summed E-state index contributed by atoms with van der Waals surface area (Å²) in [6.45, 7) is 4.56. The lowest BCUT2D eigenvalue weighted by molar-refractivity contribution is -0.123. The quantitative estimate of drug-likeness (QED) is 0.880. The Morgan fingerprint density at radius 2 is 2.00 bits per heavy atom. The van der Waals surface area contributed by atoms with E-state index in [2.05, 4.69) is 45.9 Å². The fourth-order valence-corrected chi connectivity index (χ4v) is 4.98. The highest BCUT2D eigenvalue weighted by atomic mass is 32.1. The maximum Gasteiger partial charge on any atom is 0.234 e. The molecule has 26 heavy (non-hydrogen) atoms. The van der Waals surface area contributed by atoms with Gasteiger partial charge < -0.3 is 10.1 Å². The summed E-state index contributed by atoms with van der Waals surface area (Å²) in [5.74, 6) is 0.130. The van der Waals surface area contributed by atoms with E-state index in [-0.39, 0.29) is 11.3 Å². The standard InChI is InChI=1S/C21H26N2O2S/c24-20(15-23-10-6-19-17(14-23)7-13-26-19)22-16-21(8-11-25-12-9-21)18-4-2-1-3-5-18/h1-5,7,13H,6,8-12,14-16H2,(H,22,24). The van der Waals surface area contributed by atoms with Crippen LogP contribution in [0.25, 0.3) is 0 Å². The van der Waals surface area contributed by atoms with E-state index in [1.165, 1.54) is 16.0 Å². The Morgan fingerprint density at radius 3 is 2.81 bits per heavy atom. The average molecular weight is 371 g/mol. The SMILES string of the molecule is O=C(CN1CCc2sccc2C1)NCC1(c2ccccc2)CCOCC1. The topological polar surface area (TPSA) is 41.6 Å². The fraction of sp³-hybridized carbons (Fsp3) is 0.476. The molecule has 2 aromatic rings. The van der Waals surface area contributed by atoms with Gasteiger partial charge in [-0.2, -0.15) is 0 Å². The van der Waals surface area contributed by atoms with Crippen molar-refractivity contribution in [1.82, 2.24) is 10.2 Å². The highest BCUT2D eigenvalue weighted by Gasteiger charge is 2.34. The molecule has 1 amide bonds. The second-order valence-corrected chi connectivity index (χ2v) is 8.37. The molecule has 0 saturated carbocycles. The molecule has 1 fully saturated rings. The zero-order valence-corrected chi connectivity index (χ0v) is 15.9. The maximum absolute atomic E-state index is 12.6. The van der Waals surface area contributed by atoms with E-state index in [0.29, 0.717) is 13.1 Å². The van der Waals surface area contributed by atoms with Gasteiger partial charge in [0.05, 0.1) is 6.54 Å². The van der Waals surface area contributed by atoms with Gasteiger partial charge in [-0.05, 0) is 41.8 Å². The Labute approximate surface area is 159 Å². The number of rotatable bonds is 5. The molecule has 1 N–H and O–H groups in total. The lowest BCUT2D eigenvalue weighted by Crippen LogP contribution is -2.47. The normalized spacial score (nSPS) is 19.7. The fourth-order valence-electron chi connectivity index (χ4n) is 4.09. The van der Waals surface area contributed by atoms with Crippen LogP contribution in [0, 0.1) is 0 Å². The van der Waals surface area contributed by atoms with Crippen molar-refractivity contribution in [2.75, 3.05) is 32.8 Å². The molecule has 2 aliphatic rings. The number of hydrogen-bond donors (Lipinski definition) is 1. The molecule has 5 heteroatoms. The van der Waals surface area contributed by atoms with Gasteiger partial charge in [-0.25, -0.2) is 0 Å². The van der Waals surface area contributed by atoms with Gasteiger partial charge in [0.2, 0.25) is 5.91 Å². The van der Waals surface area contributed by atoms with Crippen LogP contribution in [0.4, 0.5) is 0 Å². The van der Waals surface area contributed by atoms with E-state index in [1.54, 1.807) is 0 Å². The lowest BCUT2D eigenvalue weighted by atomic mass is 9.74. The van der Waals surface area contributed by atoms with Crippen LogP contribution in [0.2, 0.25) is 0 Å². The molecule has 3 heterocycles. The van der Waals surface area contributed by atoms with Crippen LogP contribution in [-0.4, -0.2) is 43.7 Å². The molecule has 0 aliphatic carbocycles. The number of ether oxygens (including phenoxy) is 1. The van der Waals surface area contributed by atoms with Crippen molar-refractivity contribution < 1.29 is 9.53 Å². The molecule has 0 radical (unpaired) electrons. The third-order valence-corrected chi connectivity index (χ3v) is 6.74. The highest BCUT2D eigenvalue weighted by Crippen LogP contribution is 2.34. The first kappa shape index (κ1) is 17.7. The summed E-state index contributed by atoms with van der Waals surface area (Å²) in [6, 6.07) is 12.8. The molecule has 1 aromatic heterocycles. The third-order valence-electron chi connectivity index (χ3n) is 5.71. The molecule has 0 atom stereocenters. The number of benzene rings is 1. The van der Waals surface area contributed by atoms with Crippen LogP contribution in [0.1, 0.15) is 28.8 Å². The first-order valence-electron chi connectivity index (χ1n) is 9.43. The maximum atomic E-state index is 12.6. The Kier molecular flexibility index (Phi) is 5.38. The average Bonchev–Trinajstić information content (AvgIpc) is 3.16. The van der Waals surface area contributed by atoms with Gasteiger partial charge in [0.1, 0.15) is 0 Å². The van der Waals surface area contributed by atoms with Gasteiger partial charge in [-0.3, -0.25) is 9.69 Å². The molecule has 1 aromatic carbocycles. The summed E-state index contributed by atoms with van der Waals surface area (Å²) >= 11 is 1.83. The van der Waals surface area contributed by atoms with Crippen LogP contribution >= 0.6 is 11.3 Å². The van der Waals surface area contributed by atoms with Crippen LogP contribution in [0.5, 0.6) is 0 Å². The molecular formula is C21H26N2O2S. The van der Waals surface area contributed by atoms with E-state index in [1.807, 2.05) is 17.4 Å². The molecule has 2 aliphatic heterocycles. The Bertz CT molecular complexity index is 737.